The van der Waals surface area contributed by atoms with E-state index in [2.05, 4.69) is 15.5 Å². The maximum absolute atomic E-state index is 13.9. The third-order valence-electron chi connectivity index (χ3n) is 3.54. The zero-order valence-electron chi connectivity index (χ0n) is 13.7. The minimum atomic E-state index is -0.495. The molecule has 0 saturated carbocycles. The van der Waals surface area contributed by atoms with Crippen molar-refractivity contribution < 1.29 is 9.18 Å². The first kappa shape index (κ1) is 18.2. The molecule has 9 heteroatoms. The Kier molecular flexibility index (Phi) is 5.43. The zero-order valence-corrected chi connectivity index (χ0v) is 15.3. The minimum Gasteiger partial charge on any atom is -0.335 e. The van der Waals surface area contributed by atoms with Crippen molar-refractivity contribution in [3.63, 3.8) is 0 Å². The van der Waals surface area contributed by atoms with E-state index >= 15 is 0 Å². The van der Waals surface area contributed by atoms with E-state index in [0.717, 1.165) is 11.8 Å². The molecule has 3 rings (SSSR count). The Labute approximate surface area is 158 Å². The number of nitrogens with two attached hydrogens (primary N) is 1. The average molecular weight is 392 g/mol. The van der Waals surface area contributed by atoms with Gasteiger partial charge in [0.15, 0.2) is 5.82 Å². The van der Waals surface area contributed by atoms with Crippen LogP contribution in [-0.2, 0) is 4.79 Å². The lowest BCUT2D eigenvalue weighted by molar-refractivity contribution is -0.115. The van der Waals surface area contributed by atoms with Gasteiger partial charge >= 0.3 is 0 Å². The molecular weight excluding hydrogens is 377 g/mol. The molecule has 0 fully saturated rings. The maximum Gasteiger partial charge on any atom is 0.237 e. The van der Waals surface area contributed by atoms with Crippen LogP contribution in [0.1, 0.15) is 6.92 Å². The van der Waals surface area contributed by atoms with Gasteiger partial charge in [-0.1, -0.05) is 35.5 Å². The van der Waals surface area contributed by atoms with E-state index in [4.69, 9.17) is 17.4 Å². The van der Waals surface area contributed by atoms with Crippen LogP contribution < -0.4 is 11.2 Å². The molecule has 0 radical (unpaired) electrons. The number of nitrogen functional groups attached to an aromatic ring is 1. The second-order valence-corrected chi connectivity index (χ2v) is 7.16. The van der Waals surface area contributed by atoms with Crippen LogP contribution in [0.3, 0.4) is 0 Å². The van der Waals surface area contributed by atoms with Crippen LogP contribution in [0.2, 0.25) is 5.02 Å². The van der Waals surface area contributed by atoms with Crippen molar-refractivity contribution in [3.05, 3.63) is 59.4 Å². The van der Waals surface area contributed by atoms with Crippen molar-refractivity contribution in [3.8, 4) is 11.4 Å². The third-order valence-corrected chi connectivity index (χ3v) is 4.85. The first-order valence-corrected chi connectivity index (χ1v) is 8.90. The summed E-state index contributed by atoms with van der Waals surface area (Å²) >= 11 is 6.95. The molecule has 6 nitrogen and oxygen atoms in total. The summed E-state index contributed by atoms with van der Waals surface area (Å²) in [5, 5.41) is 11.1. The number of rotatable bonds is 5. The van der Waals surface area contributed by atoms with Crippen LogP contribution in [0.5, 0.6) is 0 Å². The summed E-state index contributed by atoms with van der Waals surface area (Å²) in [5.41, 5.74) is 0.876. The number of aromatic nitrogens is 3. The molecule has 3 aromatic rings. The van der Waals surface area contributed by atoms with Crippen LogP contribution in [0.15, 0.2) is 53.7 Å². The van der Waals surface area contributed by atoms with Gasteiger partial charge in [-0.3, -0.25) is 4.79 Å². The fraction of sp³-hybridized carbons (Fsp3) is 0.118. The van der Waals surface area contributed by atoms with Crippen molar-refractivity contribution >= 4 is 35.0 Å². The van der Waals surface area contributed by atoms with Crippen molar-refractivity contribution in [2.75, 3.05) is 11.2 Å². The molecule has 1 amide bonds. The van der Waals surface area contributed by atoms with Crippen LogP contribution in [0.4, 0.5) is 10.1 Å². The Morgan fingerprint density at radius 1 is 1.23 bits per heavy atom. The highest BCUT2D eigenvalue weighted by Crippen LogP contribution is 2.26. The number of hydrogen-bond donors (Lipinski definition) is 2. The van der Waals surface area contributed by atoms with Gasteiger partial charge in [0.25, 0.3) is 0 Å². The van der Waals surface area contributed by atoms with Crippen LogP contribution in [0.25, 0.3) is 11.4 Å². The smallest absolute Gasteiger partial charge is 0.237 e. The van der Waals surface area contributed by atoms with E-state index in [1.807, 2.05) is 0 Å². The second-order valence-electron chi connectivity index (χ2n) is 5.41. The normalized spacial score (nSPS) is 12.0. The molecule has 2 aromatic carbocycles. The summed E-state index contributed by atoms with van der Waals surface area (Å²) in [6.07, 6.45) is 0. The van der Waals surface area contributed by atoms with Gasteiger partial charge in [0.1, 0.15) is 5.82 Å². The van der Waals surface area contributed by atoms with Crippen molar-refractivity contribution in [2.24, 2.45) is 0 Å². The van der Waals surface area contributed by atoms with E-state index in [-0.39, 0.29) is 17.3 Å². The monoisotopic (exact) mass is 391 g/mol. The number of carbonyl (C=O) groups is 1. The van der Waals surface area contributed by atoms with Gasteiger partial charge in [-0.2, -0.15) is 0 Å². The number of halogens is 2. The molecule has 0 bridgehead atoms. The number of anilines is 1. The second kappa shape index (κ2) is 7.76. The Morgan fingerprint density at radius 3 is 2.62 bits per heavy atom. The highest BCUT2D eigenvalue weighted by molar-refractivity contribution is 8.00. The van der Waals surface area contributed by atoms with Gasteiger partial charge in [0.05, 0.1) is 10.8 Å². The van der Waals surface area contributed by atoms with Crippen LogP contribution in [0, 0.1) is 5.82 Å². The largest absolute Gasteiger partial charge is 0.335 e. The lowest BCUT2D eigenvalue weighted by atomic mass is 10.2. The summed E-state index contributed by atoms with van der Waals surface area (Å²) in [5.74, 6) is 5.49. The van der Waals surface area contributed by atoms with Gasteiger partial charge in [-0.25, -0.2) is 9.07 Å². The molecule has 0 spiro atoms. The van der Waals surface area contributed by atoms with Crippen molar-refractivity contribution in [2.45, 2.75) is 17.3 Å². The first-order valence-electron chi connectivity index (χ1n) is 7.64. The molecule has 134 valence electrons. The molecule has 0 saturated heterocycles. The number of carbonyl (C=O) groups excluding carboxylic acids is 1. The zero-order chi connectivity index (χ0) is 18.7. The first-order chi connectivity index (χ1) is 12.5. The lowest BCUT2D eigenvalue weighted by Gasteiger charge is -2.11. The molecule has 0 aliphatic heterocycles. The number of nitrogens with zero attached hydrogens (tertiary/aromatic N) is 3. The van der Waals surface area contributed by atoms with Gasteiger partial charge in [-0.05, 0) is 43.3 Å². The van der Waals surface area contributed by atoms with Crippen LogP contribution >= 0.6 is 23.4 Å². The topological polar surface area (TPSA) is 85.8 Å². The summed E-state index contributed by atoms with van der Waals surface area (Å²) < 4.78 is 15.1. The number of amides is 1. The SMILES string of the molecule is C[C@@H](Sc1nnc(-c2ccccc2F)n1N)C(=O)Nc1ccc(Cl)cc1. The van der Waals surface area contributed by atoms with Gasteiger partial charge < -0.3 is 11.2 Å². The van der Waals surface area contributed by atoms with Crippen molar-refractivity contribution in [1.29, 1.82) is 0 Å². The van der Waals surface area contributed by atoms with Crippen LogP contribution in [-0.4, -0.2) is 26.0 Å². The van der Waals surface area contributed by atoms with Gasteiger partial charge in [0, 0.05) is 10.7 Å². The molecule has 1 atom stereocenters. The summed E-state index contributed by atoms with van der Waals surface area (Å²) in [6, 6.07) is 12.9. The predicted octanol–water partition coefficient (Wildman–Crippen LogP) is 3.57. The summed E-state index contributed by atoms with van der Waals surface area (Å²) in [7, 11) is 0. The van der Waals surface area contributed by atoms with E-state index < -0.39 is 11.1 Å². The van der Waals surface area contributed by atoms with Gasteiger partial charge in [0.2, 0.25) is 11.1 Å². The fourth-order valence-electron chi connectivity index (χ4n) is 2.17. The highest BCUT2D eigenvalue weighted by Gasteiger charge is 2.21. The minimum absolute atomic E-state index is 0.191. The summed E-state index contributed by atoms with van der Waals surface area (Å²) in [4.78, 5) is 12.3. The van der Waals surface area contributed by atoms with E-state index in [1.54, 1.807) is 49.4 Å². The Hall–Kier alpha value is -2.58. The molecule has 0 aliphatic rings. The molecule has 3 N–H and O–H groups in total. The fourth-order valence-corrected chi connectivity index (χ4v) is 3.07. The summed E-state index contributed by atoms with van der Waals surface area (Å²) in [6.45, 7) is 1.72. The average Bonchev–Trinajstić information content (AvgIpc) is 2.98. The van der Waals surface area contributed by atoms with E-state index in [0.29, 0.717) is 15.9 Å². The molecule has 1 heterocycles. The predicted molar refractivity (Wildman–Crippen MR) is 101 cm³/mol. The number of hydrogen-bond acceptors (Lipinski definition) is 5. The number of thioether (sulfide) groups is 1. The maximum atomic E-state index is 13.9. The Morgan fingerprint density at radius 2 is 1.92 bits per heavy atom. The Bertz CT molecular complexity index is 931. The highest BCUT2D eigenvalue weighted by atomic mass is 35.5. The van der Waals surface area contributed by atoms with E-state index in [1.165, 1.54) is 10.7 Å². The van der Waals surface area contributed by atoms with Crippen molar-refractivity contribution in [1.82, 2.24) is 14.9 Å². The molecule has 0 aliphatic carbocycles. The Balaban J connectivity index is 1.71. The molecule has 26 heavy (non-hydrogen) atoms. The molecule has 1 aromatic heterocycles. The number of benzene rings is 2. The number of nitrogens with one attached hydrogen (secondary N) is 1. The standard InChI is InChI=1S/C17H15ClFN5OS/c1-10(16(25)21-12-8-6-11(18)7-9-12)26-17-23-22-15(24(17)20)13-4-2-3-5-14(13)19/h2-10H,20H2,1H3,(H,21,25)/t10-/m1/s1. The quantitative estimate of drug-likeness (QED) is 0.513. The lowest BCUT2D eigenvalue weighted by Crippen LogP contribution is -2.23. The molecule has 0 unspecified atom stereocenters. The van der Waals surface area contributed by atoms with Gasteiger partial charge in [-0.15, -0.1) is 10.2 Å². The third kappa shape index (κ3) is 3.97. The van der Waals surface area contributed by atoms with E-state index in [9.17, 15) is 9.18 Å². The molecular formula is C17H15ClFN5OS.